The standard InChI is InChI=1S/2ClH.2NO3.2Pb/c;;2*2-1(3)4;;/h2*1H;;;;/q;;2*-1;2*+2/p-2. The molecular weight excluding hydrogens is 609 g/mol. The molecule has 0 saturated heterocycles. The van der Waals surface area contributed by atoms with Crippen LogP contribution in [0.1, 0.15) is 0 Å². The van der Waals surface area contributed by atoms with Crippen molar-refractivity contribution < 1.29 is 10.2 Å². The molecule has 0 rings (SSSR count). The van der Waals surface area contributed by atoms with Crippen molar-refractivity contribution in [2.24, 2.45) is 0 Å². The van der Waals surface area contributed by atoms with Crippen molar-refractivity contribution >= 4 is 65.7 Å². The first-order chi connectivity index (χ1) is 4.88. The number of nitrogens with zero attached hydrogens (tertiary/aromatic N) is 2. The molecule has 0 aromatic heterocycles. The predicted octanol–water partition coefficient (Wildman–Crippen LogP) is 0.139. The summed E-state index contributed by atoms with van der Waals surface area (Å²) >= 11 is -0.972. The molecule has 0 aliphatic rings. The van der Waals surface area contributed by atoms with E-state index in [-0.39, 0.29) is 27.3 Å². The van der Waals surface area contributed by atoms with Crippen molar-refractivity contribution in [2.75, 3.05) is 0 Å². The maximum absolute atomic E-state index is 8.25. The van der Waals surface area contributed by atoms with Crippen molar-refractivity contribution in [1.82, 2.24) is 0 Å². The van der Waals surface area contributed by atoms with Gasteiger partial charge in [0.15, 0.2) is 0 Å². The summed E-state index contributed by atoms with van der Waals surface area (Å²) in [5, 5.41) is 29.5. The summed E-state index contributed by atoms with van der Waals surface area (Å²) in [4.78, 5) is 16.5. The second kappa shape index (κ2) is 22.6. The first-order valence-electron chi connectivity index (χ1n) is 1.47. The normalized spacial score (nSPS) is 5.50. The van der Waals surface area contributed by atoms with Gasteiger partial charge >= 0.3 is 65.7 Å². The summed E-state index contributed by atoms with van der Waals surface area (Å²) < 4.78 is 0. The average molecular weight is 609 g/mol. The summed E-state index contributed by atoms with van der Waals surface area (Å²) in [6.07, 6.45) is 0. The van der Waals surface area contributed by atoms with Gasteiger partial charge in [-0.1, -0.05) is 0 Å². The van der Waals surface area contributed by atoms with Gasteiger partial charge in [0.1, 0.15) is 0 Å². The molecule has 0 bridgehead atoms. The SMILES string of the molecule is O=[N+]([O-])[O-].O=[N+]([O-])[O-].[Cl][Pb][Cl].[Pb+2]. The van der Waals surface area contributed by atoms with Gasteiger partial charge < -0.3 is 30.6 Å². The third kappa shape index (κ3) is 1540. The minimum Gasteiger partial charge on any atom is 2.00 e. The Kier molecular flexibility index (Phi) is 43.4. The van der Waals surface area contributed by atoms with Crippen LogP contribution >= 0.6 is 16.6 Å². The van der Waals surface area contributed by atoms with E-state index in [0.29, 0.717) is 0 Å². The Hall–Kier alpha value is 0.824. The molecule has 0 N–H and O–H groups in total. The van der Waals surface area contributed by atoms with Crippen LogP contribution in [-0.2, 0) is 0 Å². The van der Waals surface area contributed by atoms with Crippen LogP contribution in [0.2, 0.25) is 0 Å². The fourth-order valence-electron chi connectivity index (χ4n) is 0. The molecule has 0 amide bonds. The van der Waals surface area contributed by atoms with E-state index in [1.54, 1.807) is 0 Å². The molecule has 0 aromatic rings. The Labute approximate surface area is 105 Å². The Balaban J connectivity index is -0.0000000389. The second-order valence-electron chi connectivity index (χ2n) is 0.519. The van der Waals surface area contributed by atoms with E-state index in [0.717, 1.165) is 0 Å². The molecule has 8 nitrogen and oxygen atoms in total. The van der Waals surface area contributed by atoms with Gasteiger partial charge in [-0.25, -0.2) is 0 Å². The van der Waals surface area contributed by atoms with E-state index >= 15 is 0 Å². The molecule has 0 aliphatic heterocycles. The molecule has 0 heterocycles. The molecule has 68 valence electrons. The molecule has 0 unspecified atom stereocenters. The average Bonchev–Trinajstić information content (AvgIpc) is 1.60. The molecule has 12 heteroatoms. The van der Waals surface area contributed by atoms with Gasteiger partial charge in [0.25, 0.3) is 0 Å². The summed E-state index contributed by atoms with van der Waals surface area (Å²) in [6.45, 7) is 0. The van der Waals surface area contributed by atoms with Crippen molar-refractivity contribution in [1.29, 1.82) is 0 Å². The Morgan fingerprint density at radius 3 is 0.917 bits per heavy atom. The largest absolute Gasteiger partial charge is 2.00 e. The van der Waals surface area contributed by atoms with E-state index in [2.05, 4.69) is 0 Å². The zero-order valence-electron chi connectivity index (χ0n) is 5.10. The number of hydrogen-bond donors (Lipinski definition) is 0. The van der Waals surface area contributed by atoms with Crippen molar-refractivity contribution in [3.05, 3.63) is 30.6 Å². The predicted molar refractivity (Wildman–Crippen MR) is 43.9 cm³/mol. The van der Waals surface area contributed by atoms with Crippen LogP contribution in [0.3, 0.4) is 0 Å². The molecular formula is Cl2N2O6Pb2. The van der Waals surface area contributed by atoms with Crippen LogP contribution in [0, 0.1) is 30.6 Å². The molecule has 0 saturated carbocycles. The van der Waals surface area contributed by atoms with Crippen LogP contribution in [0.4, 0.5) is 0 Å². The summed E-state index contributed by atoms with van der Waals surface area (Å²) in [5.41, 5.74) is 0. The van der Waals surface area contributed by atoms with Crippen LogP contribution in [0.5, 0.6) is 0 Å². The summed E-state index contributed by atoms with van der Waals surface area (Å²) in [6, 6.07) is 0. The molecule has 12 heavy (non-hydrogen) atoms. The monoisotopic (exact) mass is 610 g/mol. The molecule has 4 radical (unpaired) electrons. The van der Waals surface area contributed by atoms with E-state index in [4.69, 9.17) is 47.3 Å². The zero-order chi connectivity index (χ0) is 9.86. The topological polar surface area (TPSA) is 132 Å². The number of hydrogen-bond acceptors (Lipinski definition) is 6. The Bertz CT molecular complexity index is 89.7. The van der Waals surface area contributed by atoms with Crippen LogP contribution in [-0.4, -0.2) is 59.3 Å². The summed E-state index contributed by atoms with van der Waals surface area (Å²) in [7, 11) is 9.92. The quantitative estimate of drug-likeness (QED) is 0.218. The van der Waals surface area contributed by atoms with Gasteiger partial charge in [-0.05, 0) is 0 Å². The van der Waals surface area contributed by atoms with E-state index < -0.39 is 32.0 Å². The fourth-order valence-corrected chi connectivity index (χ4v) is 0. The van der Waals surface area contributed by atoms with Crippen LogP contribution in [0.15, 0.2) is 0 Å². The zero-order valence-corrected chi connectivity index (χ0v) is 14.4. The van der Waals surface area contributed by atoms with Gasteiger partial charge in [-0.15, -0.1) is 0 Å². The minimum absolute atomic E-state index is 0. The van der Waals surface area contributed by atoms with Crippen LogP contribution in [0.25, 0.3) is 0 Å². The van der Waals surface area contributed by atoms with Crippen molar-refractivity contribution in [3.8, 4) is 0 Å². The van der Waals surface area contributed by atoms with Gasteiger partial charge in [0.2, 0.25) is 0 Å². The molecule has 0 aliphatic carbocycles. The number of rotatable bonds is 0. The molecule has 0 fully saturated rings. The van der Waals surface area contributed by atoms with Gasteiger partial charge in [-0.2, -0.15) is 0 Å². The molecule has 0 aromatic carbocycles. The van der Waals surface area contributed by atoms with Gasteiger partial charge in [0, 0.05) is 0 Å². The Morgan fingerprint density at radius 2 is 0.917 bits per heavy atom. The first kappa shape index (κ1) is 23.0. The van der Waals surface area contributed by atoms with Crippen LogP contribution < -0.4 is 0 Å². The smallest absolute Gasteiger partial charge is 2.00 e. The van der Waals surface area contributed by atoms with Gasteiger partial charge in [-0.3, -0.25) is 0 Å². The second-order valence-corrected chi connectivity index (χ2v) is 6.09. The maximum atomic E-state index is 8.25. The third-order valence-electron chi connectivity index (χ3n) is 0. The fraction of sp³-hybridized carbons (Fsp3) is 0. The third-order valence-corrected chi connectivity index (χ3v) is 0. The van der Waals surface area contributed by atoms with E-state index in [1.165, 1.54) is 0 Å². The molecule has 0 atom stereocenters. The first-order valence-corrected chi connectivity index (χ1v) is 11.0. The van der Waals surface area contributed by atoms with Crippen molar-refractivity contribution in [2.45, 2.75) is 0 Å². The van der Waals surface area contributed by atoms with E-state index in [9.17, 15) is 0 Å². The molecule has 0 spiro atoms. The van der Waals surface area contributed by atoms with Gasteiger partial charge in [0.05, 0.1) is 10.2 Å². The Morgan fingerprint density at radius 1 is 0.917 bits per heavy atom. The maximum Gasteiger partial charge on any atom is 2.00 e. The minimum atomic E-state index is -1.75. The summed E-state index contributed by atoms with van der Waals surface area (Å²) in [5.74, 6) is 0. The van der Waals surface area contributed by atoms with E-state index in [1.807, 2.05) is 0 Å². The van der Waals surface area contributed by atoms with Crippen molar-refractivity contribution in [3.63, 3.8) is 0 Å². The number of halogens is 2.